The van der Waals surface area contributed by atoms with Gasteiger partial charge in [0.15, 0.2) is 12.2 Å². The quantitative estimate of drug-likeness (QED) is 0.299. The summed E-state index contributed by atoms with van der Waals surface area (Å²) >= 11 is 0. The van der Waals surface area contributed by atoms with Crippen LogP contribution in [-0.2, 0) is 26.5 Å². The van der Waals surface area contributed by atoms with Gasteiger partial charge in [0.1, 0.15) is 11.6 Å². The molecule has 3 heterocycles. The molecule has 10 heteroatoms. The molecule has 1 amide bonds. The highest BCUT2D eigenvalue weighted by molar-refractivity contribution is 7.53. The molecule has 0 saturated carbocycles. The third-order valence-electron chi connectivity index (χ3n) is 6.08. The van der Waals surface area contributed by atoms with E-state index in [1.807, 2.05) is 60.5 Å². The number of aryl methyl sites for hydroxylation is 2. The third-order valence-corrected chi connectivity index (χ3v) is 7.83. The number of carbonyl (C=O) groups is 1. The molecule has 0 saturated heterocycles. The standard InChI is InChI=1S/C27H33N4O5P/c1-5-31-25-23(27(32)30(4)24-9-8-16-28-26(24)31)17-21(18-29-25)11-10-20-12-14-22(15-13-20)34-19-37(33,35-6-2)36-7-3/h8-9,12-18H,5-7,10-11,19H2,1-4H3. The van der Waals surface area contributed by atoms with Crippen LogP contribution in [0.4, 0.5) is 17.3 Å². The maximum Gasteiger partial charge on any atom is 0.367 e. The van der Waals surface area contributed by atoms with E-state index in [1.54, 1.807) is 32.0 Å². The summed E-state index contributed by atoms with van der Waals surface area (Å²) in [5, 5.41) is 0. The molecule has 0 fully saturated rings. The first kappa shape index (κ1) is 26.8. The van der Waals surface area contributed by atoms with Crippen molar-refractivity contribution in [2.45, 2.75) is 33.6 Å². The van der Waals surface area contributed by atoms with Crippen LogP contribution in [-0.4, -0.2) is 49.0 Å². The highest BCUT2D eigenvalue weighted by Gasteiger charge is 2.30. The van der Waals surface area contributed by atoms with Gasteiger partial charge >= 0.3 is 7.60 Å². The van der Waals surface area contributed by atoms with Crippen molar-refractivity contribution in [1.82, 2.24) is 9.97 Å². The van der Waals surface area contributed by atoms with Crippen molar-refractivity contribution in [3.8, 4) is 5.75 Å². The van der Waals surface area contributed by atoms with Crippen molar-refractivity contribution in [2.75, 3.05) is 43.0 Å². The molecule has 0 N–H and O–H groups in total. The Hall–Kier alpha value is -3.26. The van der Waals surface area contributed by atoms with Crippen LogP contribution in [0.5, 0.6) is 5.75 Å². The summed E-state index contributed by atoms with van der Waals surface area (Å²) in [5.74, 6) is 1.84. The number of ether oxygens (including phenoxy) is 1. The van der Waals surface area contributed by atoms with Crippen molar-refractivity contribution >= 4 is 30.8 Å². The van der Waals surface area contributed by atoms with Crippen molar-refractivity contribution in [2.24, 2.45) is 0 Å². The number of carbonyl (C=O) groups excluding carboxylic acids is 1. The molecule has 2 aromatic heterocycles. The fraction of sp³-hybridized carbons (Fsp3) is 0.370. The Morgan fingerprint density at radius 3 is 2.30 bits per heavy atom. The minimum absolute atomic E-state index is 0.104. The normalized spacial score (nSPS) is 13.2. The lowest BCUT2D eigenvalue weighted by molar-refractivity contribution is 0.0994. The molecule has 0 radical (unpaired) electrons. The Morgan fingerprint density at radius 1 is 0.919 bits per heavy atom. The van der Waals surface area contributed by atoms with Crippen LogP contribution in [0, 0.1) is 0 Å². The number of nitrogens with zero attached hydrogens (tertiary/aromatic N) is 4. The lowest BCUT2D eigenvalue weighted by atomic mass is 10.0. The fourth-order valence-corrected chi connectivity index (χ4v) is 5.58. The van der Waals surface area contributed by atoms with Gasteiger partial charge in [0, 0.05) is 26.0 Å². The summed E-state index contributed by atoms with van der Waals surface area (Å²) in [5.41, 5.74) is 3.41. The van der Waals surface area contributed by atoms with E-state index in [0.29, 0.717) is 36.9 Å². The van der Waals surface area contributed by atoms with Crippen molar-refractivity contribution < 1.29 is 23.1 Å². The third kappa shape index (κ3) is 6.01. The van der Waals surface area contributed by atoms with Crippen LogP contribution in [0.1, 0.15) is 42.3 Å². The molecular weight excluding hydrogens is 491 g/mol. The number of benzene rings is 1. The van der Waals surface area contributed by atoms with Gasteiger partial charge in [-0.3, -0.25) is 9.36 Å². The van der Waals surface area contributed by atoms with Crippen molar-refractivity contribution in [1.29, 1.82) is 0 Å². The van der Waals surface area contributed by atoms with E-state index in [2.05, 4.69) is 9.97 Å². The van der Waals surface area contributed by atoms with Crippen LogP contribution >= 0.6 is 7.60 Å². The molecule has 4 rings (SSSR count). The minimum atomic E-state index is -3.27. The summed E-state index contributed by atoms with van der Waals surface area (Å²) in [7, 11) is -1.50. The predicted molar refractivity (Wildman–Crippen MR) is 144 cm³/mol. The second-order valence-electron chi connectivity index (χ2n) is 8.53. The molecule has 0 unspecified atom stereocenters. The number of rotatable bonds is 11. The Kier molecular flexibility index (Phi) is 8.59. The van der Waals surface area contributed by atoms with Crippen LogP contribution < -0.4 is 14.5 Å². The van der Waals surface area contributed by atoms with Gasteiger partial charge in [-0.25, -0.2) is 9.97 Å². The number of hydrogen-bond acceptors (Lipinski definition) is 8. The highest BCUT2D eigenvalue weighted by Crippen LogP contribution is 2.47. The first-order valence-electron chi connectivity index (χ1n) is 12.5. The van der Waals surface area contributed by atoms with Crippen LogP contribution in [0.25, 0.3) is 0 Å². The monoisotopic (exact) mass is 524 g/mol. The van der Waals surface area contributed by atoms with Gasteiger partial charge in [0.25, 0.3) is 5.91 Å². The molecule has 1 aliphatic rings. The zero-order valence-electron chi connectivity index (χ0n) is 21.7. The Balaban J connectivity index is 1.44. The van der Waals surface area contributed by atoms with Crippen LogP contribution in [0.2, 0.25) is 0 Å². The average Bonchev–Trinajstić information content (AvgIpc) is 3.00. The molecule has 9 nitrogen and oxygen atoms in total. The van der Waals surface area contributed by atoms with Crippen molar-refractivity contribution in [3.63, 3.8) is 0 Å². The zero-order chi connectivity index (χ0) is 26.4. The fourth-order valence-electron chi connectivity index (χ4n) is 4.26. The SMILES string of the molecule is CCOP(=O)(COc1ccc(CCc2cnc3c(c2)C(=O)N(C)c2cccnc2N3CC)cc1)OCC. The van der Waals surface area contributed by atoms with Gasteiger partial charge in [-0.15, -0.1) is 0 Å². The molecule has 1 aromatic carbocycles. The predicted octanol–water partition coefficient (Wildman–Crippen LogP) is 5.61. The number of fused-ring (bicyclic) bond motifs is 2. The van der Waals surface area contributed by atoms with Gasteiger partial charge in [-0.05, 0) is 75.1 Å². The molecule has 0 aliphatic carbocycles. The van der Waals surface area contributed by atoms with E-state index in [4.69, 9.17) is 13.8 Å². The molecule has 0 atom stereocenters. The molecule has 3 aromatic rings. The number of hydrogen-bond donors (Lipinski definition) is 0. The second kappa shape index (κ2) is 11.9. The van der Waals surface area contributed by atoms with Crippen LogP contribution in [0.15, 0.2) is 54.9 Å². The average molecular weight is 525 g/mol. The molecule has 37 heavy (non-hydrogen) atoms. The molecule has 1 aliphatic heterocycles. The summed E-state index contributed by atoms with van der Waals surface area (Å²) < 4.78 is 28.8. The Morgan fingerprint density at radius 2 is 1.62 bits per heavy atom. The van der Waals surface area contributed by atoms with E-state index < -0.39 is 7.60 Å². The molecule has 196 valence electrons. The Labute approximate surface area is 217 Å². The first-order chi connectivity index (χ1) is 17.9. The summed E-state index contributed by atoms with van der Waals surface area (Å²) in [6, 6.07) is 13.3. The maximum absolute atomic E-state index is 13.3. The lowest BCUT2D eigenvalue weighted by Crippen LogP contribution is -2.25. The van der Waals surface area contributed by atoms with Gasteiger partial charge in [-0.2, -0.15) is 0 Å². The van der Waals surface area contributed by atoms with Gasteiger partial charge in [0.2, 0.25) is 0 Å². The summed E-state index contributed by atoms with van der Waals surface area (Å²) in [6.07, 6.45) is 4.91. The van der Waals surface area contributed by atoms with E-state index >= 15 is 0 Å². The number of amides is 1. The smallest absolute Gasteiger partial charge is 0.367 e. The molecule has 0 bridgehead atoms. The largest absolute Gasteiger partial charge is 0.481 e. The van der Waals surface area contributed by atoms with E-state index in [-0.39, 0.29) is 12.3 Å². The second-order valence-corrected chi connectivity index (χ2v) is 10.5. The van der Waals surface area contributed by atoms with Gasteiger partial charge in [0.05, 0.1) is 24.5 Å². The topological polar surface area (TPSA) is 94.1 Å². The minimum Gasteiger partial charge on any atom is -0.481 e. The van der Waals surface area contributed by atoms with Crippen LogP contribution in [0.3, 0.4) is 0 Å². The summed E-state index contributed by atoms with van der Waals surface area (Å²) in [6.45, 7) is 6.78. The highest BCUT2D eigenvalue weighted by atomic mass is 31.2. The van der Waals surface area contributed by atoms with Gasteiger partial charge in [-0.1, -0.05) is 12.1 Å². The Bertz CT molecular complexity index is 1270. The number of aromatic nitrogens is 2. The molecular formula is C27H33N4O5P. The van der Waals surface area contributed by atoms with E-state index in [0.717, 1.165) is 35.5 Å². The number of anilines is 3. The maximum atomic E-state index is 13.3. The first-order valence-corrected chi connectivity index (χ1v) is 14.2. The van der Waals surface area contributed by atoms with Crippen molar-refractivity contribution in [3.05, 3.63) is 71.5 Å². The summed E-state index contributed by atoms with van der Waals surface area (Å²) in [4.78, 5) is 26.1. The number of pyridine rings is 2. The zero-order valence-corrected chi connectivity index (χ0v) is 22.6. The van der Waals surface area contributed by atoms with E-state index in [9.17, 15) is 9.36 Å². The van der Waals surface area contributed by atoms with E-state index in [1.165, 1.54) is 0 Å². The lowest BCUT2D eigenvalue weighted by Gasteiger charge is -2.22. The molecule has 0 spiro atoms. The van der Waals surface area contributed by atoms with Gasteiger partial charge < -0.3 is 23.6 Å².